The highest BCUT2D eigenvalue weighted by molar-refractivity contribution is 7.89. The number of rotatable bonds is 5. The van der Waals surface area contributed by atoms with E-state index in [2.05, 4.69) is 22.1 Å². The zero-order valence-electron chi connectivity index (χ0n) is 23.5. The van der Waals surface area contributed by atoms with E-state index < -0.39 is 22.2 Å². The van der Waals surface area contributed by atoms with Crippen molar-refractivity contribution in [3.63, 3.8) is 0 Å². The minimum atomic E-state index is -4.01. The summed E-state index contributed by atoms with van der Waals surface area (Å²) in [5, 5.41) is 12.7. The molecule has 0 unspecified atom stereocenters. The number of likely N-dealkylation sites (N-methyl/N-ethyl adjacent to an activating group) is 1. The number of aliphatic hydroxyl groups excluding tert-OH is 1. The summed E-state index contributed by atoms with van der Waals surface area (Å²) in [5.74, 6) is 7.04. The number of aromatic nitrogens is 1. The lowest BCUT2D eigenvalue weighted by molar-refractivity contribution is 0.0830. The predicted octanol–water partition coefficient (Wildman–Crippen LogP) is 3.14. The quantitative estimate of drug-likeness (QED) is 0.432. The van der Waals surface area contributed by atoms with Crippen LogP contribution in [0.15, 0.2) is 65.8 Å². The average Bonchev–Trinajstić information content (AvgIpc) is 3.46. The molecular weight excluding hydrogens is 560 g/mol. The van der Waals surface area contributed by atoms with Crippen LogP contribution in [0.2, 0.25) is 0 Å². The number of nitrogens with zero attached hydrogens (tertiary/aromatic N) is 3. The zero-order chi connectivity index (χ0) is 29.9. The summed E-state index contributed by atoms with van der Waals surface area (Å²) in [7, 11) is -2.37. The molecule has 0 bridgehead atoms. The van der Waals surface area contributed by atoms with Crippen LogP contribution in [0.3, 0.4) is 0 Å². The van der Waals surface area contributed by atoms with Crippen molar-refractivity contribution < 1.29 is 32.5 Å². The van der Waals surface area contributed by atoms with Crippen molar-refractivity contribution in [2.75, 3.05) is 38.9 Å². The predicted molar refractivity (Wildman–Crippen MR) is 155 cm³/mol. The smallest absolute Gasteiger partial charge is 0.321 e. The maximum absolute atomic E-state index is 13.7. The second-order valence-electron chi connectivity index (χ2n) is 10.3. The van der Waals surface area contributed by atoms with Crippen LogP contribution in [-0.4, -0.2) is 79.4 Å². The number of pyridine rings is 1. The van der Waals surface area contributed by atoms with Crippen molar-refractivity contribution in [3.8, 4) is 29.1 Å². The number of benzene rings is 2. The van der Waals surface area contributed by atoms with Gasteiger partial charge in [-0.3, -0.25) is 4.98 Å². The molecule has 0 saturated carbocycles. The van der Waals surface area contributed by atoms with Crippen LogP contribution in [0.4, 0.5) is 10.5 Å². The molecule has 3 heterocycles. The molecule has 12 heteroatoms. The van der Waals surface area contributed by atoms with Crippen LogP contribution in [0.5, 0.6) is 17.2 Å². The third-order valence-corrected chi connectivity index (χ3v) is 9.14. The Morgan fingerprint density at radius 2 is 1.83 bits per heavy atom. The molecule has 2 aliphatic heterocycles. The molecule has 220 valence electrons. The Hall–Kier alpha value is -4.31. The van der Waals surface area contributed by atoms with Crippen molar-refractivity contribution in [2.24, 2.45) is 5.92 Å². The van der Waals surface area contributed by atoms with Gasteiger partial charge in [-0.25, -0.2) is 13.2 Å². The molecule has 2 aromatic carbocycles. The number of anilines is 1. The van der Waals surface area contributed by atoms with E-state index >= 15 is 0 Å². The number of sulfonamides is 1. The van der Waals surface area contributed by atoms with Crippen molar-refractivity contribution in [1.29, 1.82) is 0 Å². The Kier molecular flexibility index (Phi) is 8.54. The van der Waals surface area contributed by atoms with Crippen molar-refractivity contribution in [2.45, 2.75) is 30.9 Å². The van der Waals surface area contributed by atoms with Gasteiger partial charge in [0.2, 0.25) is 16.8 Å². The maximum atomic E-state index is 13.7. The number of aliphatic hydroxyl groups is 1. The molecule has 42 heavy (non-hydrogen) atoms. The molecule has 3 atom stereocenters. The SMILES string of the molecule is C[C@H](CO)N1C[C@H](C)[C@H](CN(C)C(=O)Nc2ccc3c(c2)OCO3)Oc2cc(C#Cc3ccncc3)ccc2S1(=O)=O. The molecular formula is C30H32N4O7S. The summed E-state index contributed by atoms with van der Waals surface area (Å²) >= 11 is 0. The van der Waals surface area contributed by atoms with Crippen LogP contribution in [-0.2, 0) is 10.0 Å². The Balaban J connectivity index is 1.42. The number of amides is 2. The Morgan fingerprint density at radius 1 is 1.10 bits per heavy atom. The standard InChI is InChI=1S/C30H32N4O7S/c1-20-16-34(21(2)18-35)42(37,38)29-9-6-23(5-4-22-10-12-31-13-11-22)14-27(29)41-28(20)17-33(3)30(36)32-24-7-8-25-26(15-24)40-19-39-25/h6-15,20-21,28,35H,16-19H2,1-3H3,(H,32,36)/t20-,21+,28-/m0/s1. The zero-order valence-corrected chi connectivity index (χ0v) is 24.3. The topological polar surface area (TPSA) is 131 Å². The fourth-order valence-corrected chi connectivity index (χ4v) is 6.47. The van der Waals surface area contributed by atoms with Crippen molar-refractivity contribution in [3.05, 3.63) is 72.1 Å². The molecule has 2 N–H and O–H groups in total. The summed E-state index contributed by atoms with van der Waals surface area (Å²) < 4.78 is 45.8. The molecule has 0 fully saturated rings. The first-order chi connectivity index (χ1) is 20.2. The maximum Gasteiger partial charge on any atom is 0.321 e. The van der Waals surface area contributed by atoms with E-state index in [1.165, 1.54) is 15.3 Å². The minimum Gasteiger partial charge on any atom is -0.487 e. The molecule has 0 radical (unpaired) electrons. The van der Waals surface area contributed by atoms with Gasteiger partial charge < -0.3 is 29.5 Å². The van der Waals surface area contributed by atoms with Crippen LogP contribution in [0, 0.1) is 17.8 Å². The number of hydrogen-bond acceptors (Lipinski definition) is 8. The summed E-state index contributed by atoms with van der Waals surface area (Å²) in [6.45, 7) is 3.55. The second-order valence-corrected chi connectivity index (χ2v) is 12.1. The monoisotopic (exact) mass is 592 g/mol. The van der Waals surface area contributed by atoms with Crippen LogP contribution >= 0.6 is 0 Å². The summed E-state index contributed by atoms with van der Waals surface area (Å²) in [6.07, 6.45) is 2.70. The van der Waals surface area contributed by atoms with Gasteiger partial charge in [-0.1, -0.05) is 18.8 Å². The molecule has 0 spiro atoms. The largest absolute Gasteiger partial charge is 0.487 e. The summed E-state index contributed by atoms with van der Waals surface area (Å²) in [6, 6.07) is 12.3. The van der Waals surface area contributed by atoms with E-state index in [0.29, 0.717) is 22.7 Å². The highest BCUT2D eigenvalue weighted by Crippen LogP contribution is 2.35. The van der Waals surface area contributed by atoms with E-state index in [9.17, 15) is 18.3 Å². The third-order valence-electron chi connectivity index (χ3n) is 7.12. The van der Waals surface area contributed by atoms with Gasteiger partial charge in [-0.05, 0) is 49.4 Å². The van der Waals surface area contributed by atoms with Gasteiger partial charge in [0.25, 0.3) is 0 Å². The molecule has 1 aromatic heterocycles. The molecule has 2 amide bonds. The van der Waals surface area contributed by atoms with Gasteiger partial charge in [0, 0.05) is 60.8 Å². The molecule has 5 rings (SSSR count). The first kappa shape index (κ1) is 29.2. The average molecular weight is 593 g/mol. The number of urea groups is 1. The van der Waals surface area contributed by atoms with Crippen molar-refractivity contribution >= 4 is 21.7 Å². The lowest BCUT2D eigenvalue weighted by atomic mass is 10.0. The molecule has 0 aliphatic carbocycles. The number of ether oxygens (including phenoxy) is 3. The first-order valence-corrected chi connectivity index (χ1v) is 14.9. The fraction of sp³-hybridized carbons (Fsp3) is 0.333. The third kappa shape index (κ3) is 6.28. The summed E-state index contributed by atoms with van der Waals surface area (Å²) in [4.78, 5) is 18.6. The van der Waals surface area contributed by atoms with Gasteiger partial charge in [-0.15, -0.1) is 0 Å². The number of nitrogens with one attached hydrogen (secondary N) is 1. The molecule has 2 aliphatic rings. The Morgan fingerprint density at radius 3 is 2.60 bits per heavy atom. The normalized spacial score (nSPS) is 19.6. The lowest BCUT2D eigenvalue weighted by Crippen LogP contribution is -2.50. The lowest BCUT2D eigenvalue weighted by Gasteiger charge is -2.37. The second kappa shape index (κ2) is 12.3. The van der Waals surface area contributed by atoms with Gasteiger partial charge in [0.1, 0.15) is 16.7 Å². The molecule has 0 saturated heterocycles. The Labute approximate surface area is 245 Å². The van der Waals surface area contributed by atoms with Crippen LogP contribution < -0.4 is 19.5 Å². The highest BCUT2D eigenvalue weighted by Gasteiger charge is 2.38. The number of fused-ring (bicyclic) bond motifs is 2. The van der Waals surface area contributed by atoms with Gasteiger partial charge >= 0.3 is 6.03 Å². The number of hydrogen-bond donors (Lipinski definition) is 2. The van der Waals surface area contributed by atoms with E-state index in [0.717, 1.165) is 5.56 Å². The molecule has 11 nitrogen and oxygen atoms in total. The fourth-order valence-electron chi connectivity index (χ4n) is 4.65. The number of carbonyl (C=O) groups excluding carboxylic acids is 1. The van der Waals surface area contributed by atoms with Gasteiger partial charge in [0.05, 0.1) is 13.2 Å². The first-order valence-electron chi connectivity index (χ1n) is 13.4. The Bertz CT molecular complexity index is 1620. The van der Waals surface area contributed by atoms with Gasteiger partial charge in [0.15, 0.2) is 11.5 Å². The van der Waals surface area contributed by atoms with Gasteiger partial charge in [-0.2, -0.15) is 4.31 Å². The highest BCUT2D eigenvalue weighted by atomic mass is 32.2. The minimum absolute atomic E-state index is 0.0263. The van der Waals surface area contributed by atoms with E-state index in [1.807, 2.05) is 6.92 Å². The summed E-state index contributed by atoms with van der Waals surface area (Å²) in [5.41, 5.74) is 1.86. The van der Waals surface area contributed by atoms with Crippen LogP contribution in [0.1, 0.15) is 25.0 Å². The van der Waals surface area contributed by atoms with Crippen molar-refractivity contribution in [1.82, 2.24) is 14.2 Å². The van der Waals surface area contributed by atoms with Crippen LogP contribution in [0.25, 0.3) is 0 Å². The molecule has 3 aromatic rings. The van der Waals surface area contributed by atoms with E-state index in [4.69, 9.17) is 14.2 Å². The number of carbonyl (C=O) groups is 1. The van der Waals surface area contributed by atoms with E-state index in [1.54, 1.807) is 68.8 Å². The van der Waals surface area contributed by atoms with E-state index in [-0.39, 0.29) is 49.1 Å².